The minimum Gasteiger partial charge on any atom is -0.462 e. The van der Waals surface area contributed by atoms with E-state index in [0.717, 1.165) is 0 Å². The quantitative estimate of drug-likeness (QED) is 0.766. The molecule has 0 unspecified atom stereocenters. The number of rotatable bonds is 5. The van der Waals surface area contributed by atoms with Gasteiger partial charge in [0.05, 0.1) is 13.2 Å². The van der Waals surface area contributed by atoms with Gasteiger partial charge in [-0.25, -0.2) is 14.0 Å². The molecule has 0 saturated carbocycles. The number of pyridine rings is 1. The Balaban J connectivity index is 2.89. The Morgan fingerprint density at radius 1 is 1.00 bits per heavy atom. The molecule has 0 aliphatic carbocycles. The topological polar surface area (TPSA) is 74.6 Å². The first-order valence-corrected chi connectivity index (χ1v) is 8.19. The normalized spacial score (nSPS) is 10.5. The van der Waals surface area contributed by atoms with Crippen molar-refractivity contribution in [1.82, 2.24) is 4.57 Å². The molecule has 1 aromatic heterocycles. The molecule has 0 bridgehead atoms. The Kier molecular flexibility index (Phi) is 5.92. The van der Waals surface area contributed by atoms with Gasteiger partial charge >= 0.3 is 11.9 Å². The fraction of sp³-hybridized carbons (Fsp3) is 0.316. The van der Waals surface area contributed by atoms with Crippen molar-refractivity contribution in [3.8, 4) is 5.69 Å². The van der Waals surface area contributed by atoms with Crippen molar-refractivity contribution in [2.75, 3.05) is 13.2 Å². The molecular formula is C19H20FNO5. The molecule has 0 saturated heterocycles. The highest BCUT2D eigenvalue weighted by atomic mass is 19.1. The zero-order valence-corrected chi connectivity index (χ0v) is 15.1. The summed E-state index contributed by atoms with van der Waals surface area (Å²) in [7, 11) is 0. The largest absolute Gasteiger partial charge is 0.462 e. The Labute approximate surface area is 150 Å². The standard InChI is InChI=1S/C19H20FNO5/c1-5-25-18(23)15-11(3)21(14-9-7-8-13(20)10-14)12(4)16(17(15)22)19(24)26-6-2/h7-10H,5-6H2,1-4H3. The third kappa shape index (κ3) is 3.51. The predicted molar refractivity (Wildman–Crippen MR) is 93.4 cm³/mol. The predicted octanol–water partition coefficient (Wildman–Crippen LogP) is 2.95. The molecule has 0 amide bonds. The fourth-order valence-corrected chi connectivity index (χ4v) is 2.82. The molecule has 1 heterocycles. The zero-order valence-electron chi connectivity index (χ0n) is 15.1. The summed E-state index contributed by atoms with van der Waals surface area (Å²) < 4.78 is 25.1. The average Bonchev–Trinajstić information content (AvgIpc) is 2.55. The van der Waals surface area contributed by atoms with Crippen molar-refractivity contribution in [3.05, 3.63) is 62.8 Å². The lowest BCUT2D eigenvalue weighted by Crippen LogP contribution is -2.31. The Bertz CT molecular complexity index is 869. The van der Waals surface area contributed by atoms with Crippen LogP contribution in [0.3, 0.4) is 0 Å². The Hall–Kier alpha value is -2.96. The fourth-order valence-electron chi connectivity index (χ4n) is 2.82. The second kappa shape index (κ2) is 7.95. The van der Waals surface area contributed by atoms with Gasteiger partial charge in [-0.05, 0) is 45.9 Å². The van der Waals surface area contributed by atoms with Crippen LogP contribution in [0.2, 0.25) is 0 Å². The van der Waals surface area contributed by atoms with E-state index in [0.29, 0.717) is 5.69 Å². The second-order valence-electron chi connectivity index (χ2n) is 5.51. The van der Waals surface area contributed by atoms with Crippen molar-refractivity contribution in [2.24, 2.45) is 0 Å². The van der Waals surface area contributed by atoms with Gasteiger partial charge in [0, 0.05) is 17.1 Å². The van der Waals surface area contributed by atoms with Crippen molar-refractivity contribution in [2.45, 2.75) is 27.7 Å². The van der Waals surface area contributed by atoms with Crippen molar-refractivity contribution in [1.29, 1.82) is 0 Å². The van der Waals surface area contributed by atoms with E-state index in [1.165, 1.54) is 22.8 Å². The van der Waals surface area contributed by atoms with E-state index >= 15 is 0 Å². The first-order chi connectivity index (χ1) is 12.3. The van der Waals surface area contributed by atoms with Gasteiger partial charge in [-0.15, -0.1) is 0 Å². The van der Waals surface area contributed by atoms with Crippen LogP contribution in [0.25, 0.3) is 5.69 Å². The van der Waals surface area contributed by atoms with Crippen LogP contribution in [-0.4, -0.2) is 29.7 Å². The van der Waals surface area contributed by atoms with Gasteiger partial charge in [0.15, 0.2) is 0 Å². The number of nitrogens with zero attached hydrogens (tertiary/aromatic N) is 1. The minimum absolute atomic E-state index is 0.0697. The maximum atomic E-state index is 13.7. The summed E-state index contributed by atoms with van der Waals surface area (Å²) in [4.78, 5) is 37.4. The van der Waals surface area contributed by atoms with E-state index < -0.39 is 23.2 Å². The molecule has 1 aromatic carbocycles. The lowest BCUT2D eigenvalue weighted by molar-refractivity contribution is 0.0519. The number of hydrogen-bond donors (Lipinski definition) is 0. The molecule has 0 radical (unpaired) electrons. The van der Waals surface area contributed by atoms with E-state index in [1.807, 2.05) is 0 Å². The summed E-state index contributed by atoms with van der Waals surface area (Å²) >= 11 is 0. The molecule has 26 heavy (non-hydrogen) atoms. The summed E-state index contributed by atoms with van der Waals surface area (Å²) in [6, 6.07) is 5.62. The Morgan fingerprint density at radius 3 is 1.92 bits per heavy atom. The lowest BCUT2D eigenvalue weighted by Gasteiger charge is -2.20. The molecule has 0 N–H and O–H groups in total. The number of halogens is 1. The summed E-state index contributed by atoms with van der Waals surface area (Å²) in [5, 5.41) is 0. The number of ether oxygens (including phenoxy) is 2. The van der Waals surface area contributed by atoms with Crippen LogP contribution in [0.5, 0.6) is 0 Å². The maximum Gasteiger partial charge on any atom is 0.343 e. The number of aromatic nitrogens is 1. The number of hydrogen-bond acceptors (Lipinski definition) is 5. The summed E-state index contributed by atoms with van der Waals surface area (Å²) in [5.41, 5.74) is -0.427. The van der Waals surface area contributed by atoms with Crippen LogP contribution in [0.1, 0.15) is 46.0 Å². The van der Waals surface area contributed by atoms with E-state index in [2.05, 4.69) is 0 Å². The van der Waals surface area contributed by atoms with Gasteiger partial charge in [0.2, 0.25) is 5.43 Å². The lowest BCUT2D eigenvalue weighted by atomic mass is 10.0. The molecule has 0 spiro atoms. The number of benzene rings is 1. The van der Waals surface area contributed by atoms with E-state index in [1.54, 1.807) is 33.8 Å². The van der Waals surface area contributed by atoms with Crippen LogP contribution in [-0.2, 0) is 9.47 Å². The molecule has 0 aliphatic heterocycles. The van der Waals surface area contributed by atoms with Crippen LogP contribution < -0.4 is 5.43 Å². The monoisotopic (exact) mass is 361 g/mol. The zero-order chi connectivity index (χ0) is 19.4. The van der Waals surface area contributed by atoms with Gasteiger partial charge < -0.3 is 14.0 Å². The van der Waals surface area contributed by atoms with Crippen molar-refractivity contribution >= 4 is 11.9 Å². The third-order valence-corrected chi connectivity index (χ3v) is 3.87. The van der Waals surface area contributed by atoms with Crippen LogP contribution >= 0.6 is 0 Å². The summed E-state index contributed by atoms with van der Waals surface area (Å²) in [6.45, 7) is 6.44. The average molecular weight is 361 g/mol. The highest BCUT2D eigenvalue weighted by Crippen LogP contribution is 2.20. The minimum atomic E-state index is -0.842. The van der Waals surface area contributed by atoms with Crippen LogP contribution in [0.4, 0.5) is 4.39 Å². The summed E-state index contributed by atoms with van der Waals surface area (Å²) in [5.74, 6) is -2.17. The number of carbonyl (C=O) groups is 2. The van der Waals surface area contributed by atoms with Crippen LogP contribution in [0, 0.1) is 19.7 Å². The van der Waals surface area contributed by atoms with Gasteiger partial charge in [0.1, 0.15) is 16.9 Å². The third-order valence-electron chi connectivity index (χ3n) is 3.87. The molecule has 0 atom stereocenters. The van der Waals surface area contributed by atoms with Gasteiger partial charge in [-0.2, -0.15) is 0 Å². The molecular weight excluding hydrogens is 341 g/mol. The molecule has 2 aromatic rings. The van der Waals surface area contributed by atoms with Crippen LogP contribution in [0.15, 0.2) is 29.1 Å². The van der Waals surface area contributed by atoms with Crippen molar-refractivity contribution < 1.29 is 23.5 Å². The SMILES string of the molecule is CCOC(=O)c1c(C)n(-c2cccc(F)c2)c(C)c(C(=O)OCC)c1=O. The molecule has 0 fully saturated rings. The van der Waals surface area contributed by atoms with E-state index in [-0.39, 0.29) is 35.7 Å². The van der Waals surface area contributed by atoms with Crippen molar-refractivity contribution in [3.63, 3.8) is 0 Å². The Morgan fingerprint density at radius 2 is 1.50 bits per heavy atom. The van der Waals surface area contributed by atoms with E-state index in [9.17, 15) is 18.8 Å². The molecule has 0 aliphatic rings. The first-order valence-electron chi connectivity index (χ1n) is 8.19. The van der Waals surface area contributed by atoms with Gasteiger partial charge in [-0.3, -0.25) is 4.79 Å². The smallest absolute Gasteiger partial charge is 0.343 e. The molecule has 138 valence electrons. The maximum absolute atomic E-state index is 13.7. The number of esters is 2. The van der Waals surface area contributed by atoms with Gasteiger partial charge in [-0.1, -0.05) is 6.07 Å². The number of carbonyl (C=O) groups excluding carboxylic acids is 2. The summed E-state index contributed by atoms with van der Waals surface area (Å²) in [6.07, 6.45) is 0. The molecule has 2 rings (SSSR count). The highest BCUT2D eigenvalue weighted by Gasteiger charge is 2.27. The van der Waals surface area contributed by atoms with Gasteiger partial charge in [0.25, 0.3) is 0 Å². The second-order valence-corrected chi connectivity index (χ2v) is 5.51. The molecule has 7 heteroatoms. The van der Waals surface area contributed by atoms with E-state index in [4.69, 9.17) is 9.47 Å². The highest BCUT2D eigenvalue weighted by molar-refractivity contribution is 5.96. The molecule has 6 nitrogen and oxygen atoms in total. The first kappa shape index (κ1) is 19.4.